The normalized spacial score (nSPS) is 15.9. The van der Waals surface area contributed by atoms with Gasteiger partial charge in [0.25, 0.3) is 0 Å². The highest BCUT2D eigenvalue weighted by Gasteiger charge is 2.31. The average Bonchev–Trinajstić information content (AvgIpc) is 3.22. The molecule has 1 fully saturated rings. The first-order chi connectivity index (χ1) is 14.4. The Bertz CT molecular complexity index is 1120. The summed E-state index contributed by atoms with van der Waals surface area (Å²) in [4.78, 5) is 5.34. The maximum atomic E-state index is 14.0. The number of sulfonamides is 1. The molecule has 0 amide bonds. The van der Waals surface area contributed by atoms with Crippen molar-refractivity contribution in [3.05, 3.63) is 66.1 Å². The van der Waals surface area contributed by atoms with Crippen molar-refractivity contribution < 1.29 is 12.8 Å². The zero-order valence-corrected chi connectivity index (χ0v) is 18.3. The number of thiazole rings is 1. The third-order valence-corrected chi connectivity index (χ3v) is 8.31. The van der Waals surface area contributed by atoms with Crippen molar-refractivity contribution in [3.8, 4) is 10.4 Å². The lowest BCUT2D eigenvalue weighted by atomic mass is 9.98. The van der Waals surface area contributed by atoms with Crippen molar-refractivity contribution in [2.75, 3.05) is 25.0 Å². The molecule has 1 aliphatic heterocycles. The van der Waals surface area contributed by atoms with Gasteiger partial charge in [0.05, 0.1) is 4.88 Å². The van der Waals surface area contributed by atoms with Gasteiger partial charge in [0.1, 0.15) is 10.7 Å². The fourth-order valence-corrected chi connectivity index (χ4v) is 6.02. The average molecular weight is 446 g/mol. The Morgan fingerprint density at radius 3 is 2.67 bits per heavy atom. The lowest BCUT2D eigenvalue weighted by Gasteiger charge is -2.31. The monoisotopic (exact) mass is 445 g/mol. The van der Waals surface area contributed by atoms with Gasteiger partial charge in [-0.1, -0.05) is 53.3 Å². The topological polar surface area (TPSA) is 62.3 Å². The van der Waals surface area contributed by atoms with Crippen molar-refractivity contribution in [2.24, 2.45) is 5.92 Å². The van der Waals surface area contributed by atoms with Crippen LogP contribution in [0.1, 0.15) is 18.4 Å². The number of nitrogens with one attached hydrogen (secondary N) is 1. The van der Waals surface area contributed by atoms with Gasteiger partial charge in [-0.05, 0) is 43.4 Å². The van der Waals surface area contributed by atoms with Gasteiger partial charge < -0.3 is 5.32 Å². The molecule has 0 atom stereocenters. The lowest BCUT2D eigenvalue weighted by Crippen LogP contribution is -2.40. The molecule has 1 aromatic heterocycles. The number of aryl methyl sites for hydroxylation is 1. The smallest absolute Gasteiger partial charge is 0.245 e. The molecule has 158 valence electrons. The van der Waals surface area contributed by atoms with Crippen LogP contribution in [0.4, 0.5) is 9.52 Å². The highest BCUT2D eigenvalue weighted by Crippen LogP contribution is 2.30. The summed E-state index contributed by atoms with van der Waals surface area (Å²) in [5.74, 6) is -0.349. The summed E-state index contributed by atoms with van der Waals surface area (Å²) in [5.41, 5.74) is 2.37. The molecular formula is C22H24FN3O2S2. The summed E-state index contributed by atoms with van der Waals surface area (Å²) in [6.07, 6.45) is 3.35. The number of hydrogen-bond acceptors (Lipinski definition) is 5. The summed E-state index contributed by atoms with van der Waals surface area (Å²) in [7, 11) is -3.79. The minimum absolute atomic E-state index is 0.243. The van der Waals surface area contributed by atoms with Gasteiger partial charge in [-0.15, -0.1) is 0 Å². The summed E-state index contributed by atoms with van der Waals surface area (Å²) in [6, 6.07) is 13.9. The molecule has 0 spiro atoms. The zero-order valence-electron chi connectivity index (χ0n) is 16.7. The molecule has 1 aliphatic rings. The number of nitrogens with zero attached hydrogens (tertiary/aromatic N) is 2. The van der Waals surface area contributed by atoms with Gasteiger partial charge in [0.15, 0.2) is 5.13 Å². The summed E-state index contributed by atoms with van der Waals surface area (Å²) >= 11 is 1.62. The Labute approximate surface area is 180 Å². The van der Waals surface area contributed by atoms with E-state index in [1.54, 1.807) is 17.4 Å². The summed E-state index contributed by atoms with van der Waals surface area (Å²) in [6.45, 7) is 3.61. The molecule has 0 unspecified atom stereocenters. The zero-order chi connectivity index (χ0) is 21.1. The second kappa shape index (κ2) is 8.83. The number of rotatable bonds is 6. The molecule has 3 aromatic rings. The maximum Gasteiger partial charge on any atom is 0.245 e. The first kappa shape index (κ1) is 21.0. The Balaban J connectivity index is 1.32. The highest BCUT2D eigenvalue weighted by molar-refractivity contribution is 7.89. The second-order valence-corrected chi connectivity index (χ2v) is 10.5. The van der Waals surface area contributed by atoms with Crippen LogP contribution in [0.5, 0.6) is 0 Å². The van der Waals surface area contributed by atoms with Gasteiger partial charge >= 0.3 is 0 Å². The highest BCUT2D eigenvalue weighted by atomic mass is 32.2. The van der Waals surface area contributed by atoms with Gasteiger partial charge in [-0.25, -0.2) is 17.8 Å². The number of anilines is 1. The molecule has 0 saturated carbocycles. The minimum Gasteiger partial charge on any atom is -0.361 e. The fourth-order valence-electron chi connectivity index (χ4n) is 3.67. The first-order valence-electron chi connectivity index (χ1n) is 9.95. The lowest BCUT2D eigenvalue weighted by molar-refractivity contribution is 0.281. The molecule has 0 radical (unpaired) electrons. The third-order valence-electron chi connectivity index (χ3n) is 5.38. The van der Waals surface area contributed by atoms with Crippen LogP contribution in [0.2, 0.25) is 0 Å². The predicted octanol–water partition coefficient (Wildman–Crippen LogP) is 4.77. The molecule has 30 heavy (non-hydrogen) atoms. The molecule has 8 heteroatoms. The van der Waals surface area contributed by atoms with E-state index in [9.17, 15) is 12.8 Å². The fraction of sp³-hybridized carbons (Fsp3) is 0.318. The second-order valence-electron chi connectivity index (χ2n) is 7.56. The molecule has 0 bridgehead atoms. The van der Waals surface area contributed by atoms with Gasteiger partial charge in [-0.3, -0.25) is 0 Å². The van der Waals surface area contributed by atoms with E-state index in [-0.39, 0.29) is 4.90 Å². The number of benzene rings is 2. The van der Waals surface area contributed by atoms with E-state index in [1.165, 1.54) is 28.1 Å². The van der Waals surface area contributed by atoms with Crippen LogP contribution in [-0.4, -0.2) is 37.3 Å². The molecule has 2 aromatic carbocycles. The van der Waals surface area contributed by atoms with Crippen molar-refractivity contribution in [1.82, 2.24) is 9.29 Å². The van der Waals surface area contributed by atoms with Crippen LogP contribution in [0.3, 0.4) is 0 Å². The molecule has 4 rings (SSSR count). The molecule has 5 nitrogen and oxygen atoms in total. The quantitative estimate of drug-likeness (QED) is 0.594. The van der Waals surface area contributed by atoms with E-state index in [0.29, 0.717) is 19.0 Å². The molecule has 0 aliphatic carbocycles. The summed E-state index contributed by atoms with van der Waals surface area (Å²) in [5, 5.41) is 4.26. The van der Waals surface area contributed by atoms with Crippen molar-refractivity contribution in [2.45, 2.75) is 24.7 Å². The van der Waals surface area contributed by atoms with Gasteiger partial charge in [-0.2, -0.15) is 4.31 Å². The first-order valence-corrected chi connectivity index (χ1v) is 12.2. The minimum atomic E-state index is -3.79. The number of halogens is 1. The SMILES string of the molecule is Cc1cccc(-c2cnc(NCC3CCN(S(=O)(=O)c4ccccc4F)CC3)s2)c1. The van der Waals surface area contributed by atoms with Crippen molar-refractivity contribution in [1.29, 1.82) is 0 Å². The van der Waals surface area contributed by atoms with Crippen molar-refractivity contribution in [3.63, 3.8) is 0 Å². The van der Waals surface area contributed by atoms with Gasteiger partial charge in [0, 0.05) is 25.8 Å². The van der Waals surface area contributed by atoms with E-state index < -0.39 is 15.8 Å². The molecule has 1 N–H and O–H groups in total. The number of hydrogen-bond donors (Lipinski definition) is 1. The molecule has 2 heterocycles. The van der Waals surface area contributed by atoms with Crippen LogP contribution in [0.15, 0.2) is 59.6 Å². The van der Waals surface area contributed by atoms with Crippen molar-refractivity contribution >= 4 is 26.5 Å². The van der Waals surface area contributed by atoms with Crippen LogP contribution in [0.25, 0.3) is 10.4 Å². The van der Waals surface area contributed by atoms with Crippen LogP contribution in [-0.2, 0) is 10.0 Å². The van der Waals surface area contributed by atoms with E-state index >= 15 is 0 Å². The number of piperidine rings is 1. The Morgan fingerprint density at radius 2 is 1.93 bits per heavy atom. The maximum absolute atomic E-state index is 14.0. The standard InChI is InChI=1S/C22H24FN3O2S2/c1-16-5-4-6-18(13-16)20-15-25-22(29-20)24-14-17-9-11-26(12-10-17)30(27,28)21-8-3-2-7-19(21)23/h2-8,13,15,17H,9-12,14H2,1H3,(H,24,25). The summed E-state index contributed by atoms with van der Waals surface area (Å²) < 4.78 is 40.8. The van der Waals surface area contributed by atoms with Gasteiger partial charge in [0.2, 0.25) is 10.0 Å². The number of aromatic nitrogens is 1. The third kappa shape index (κ3) is 4.55. The van der Waals surface area contributed by atoms with E-state index in [0.717, 1.165) is 35.0 Å². The van der Waals surface area contributed by atoms with Crippen LogP contribution < -0.4 is 5.32 Å². The Kier molecular flexibility index (Phi) is 6.17. The predicted molar refractivity (Wildman–Crippen MR) is 119 cm³/mol. The molecular weight excluding hydrogens is 421 g/mol. The largest absolute Gasteiger partial charge is 0.361 e. The van der Waals surface area contributed by atoms with E-state index in [4.69, 9.17) is 0 Å². The Morgan fingerprint density at radius 1 is 1.17 bits per heavy atom. The van der Waals surface area contributed by atoms with E-state index in [2.05, 4.69) is 35.4 Å². The van der Waals surface area contributed by atoms with Crippen LogP contribution in [0, 0.1) is 18.7 Å². The van der Waals surface area contributed by atoms with Crippen LogP contribution >= 0.6 is 11.3 Å². The molecule has 1 saturated heterocycles. The van der Waals surface area contributed by atoms with E-state index in [1.807, 2.05) is 12.3 Å². The Hall–Kier alpha value is -2.29.